The highest BCUT2D eigenvalue weighted by molar-refractivity contribution is 6.04. The largest absolute Gasteiger partial charge is 0.369 e. The first-order valence-corrected chi connectivity index (χ1v) is 13.7. The van der Waals surface area contributed by atoms with E-state index < -0.39 is 0 Å². The molecule has 2 aromatic heterocycles. The quantitative estimate of drug-likeness (QED) is 0.477. The fourth-order valence-electron chi connectivity index (χ4n) is 5.94. The second-order valence-electron chi connectivity index (χ2n) is 11.3. The van der Waals surface area contributed by atoms with Crippen molar-refractivity contribution >= 4 is 33.7 Å². The number of aromatic nitrogens is 3. The topological polar surface area (TPSA) is 109 Å². The molecule has 2 aliphatic carbocycles. The summed E-state index contributed by atoms with van der Waals surface area (Å²) in [4.78, 5) is 40.2. The zero-order chi connectivity index (χ0) is 25.5. The average Bonchev–Trinajstić information content (AvgIpc) is 3.74. The van der Waals surface area contributed by atoms with E-state index in [1.807, 2.05) is 10.8 Å². The molecular weight excluding hydrogens is 466 g/mol. The number of carbonyl (C=O) groups is 1. The van der Waals surface area contributed by atoms with Crippen LogP contribution in [0.4, 0.5) is 5.95 Å². The van der Waals surface area contributed by atoms with Crippen molar-refractivity contribution in [3.63, 3.8) is 0 Å². The fraction of sp³-hybridized carbons (Fsp3) is 0.571. The van der Waals surface area contributed by atoms with E-state index in [0.29, 0.717) is 30.4 Å². The third-order valence-electron chi connectivity index (χ3n) is 8.53. The molecule has 196 valence electrons. The minimum atomic E-state index is -0.239. The van der Waals surface area contributed by atoms with Crippen LogP contribution in [0.25, 0.3) is 21.8 Å². The third-order valence-corrected chi connectivity index (χ3v) is 8.53. The molecule has 3 fully saturated rings. The van der Waals surface area contributed by atoms with Crippen molar-refractivity contribution in [2.45, 2.75) is 51.1 Å². The Balaban J connectivity index is 1.40. The van der Waals surface area contributed by atoms with Gasteiger partial charge in [-0.3, -0.25) is 19.1 Å². The number of anilines is 1. The van der Waals surface area contributed by atoms with E-state index in [1.54, 1.807) is 0 Å². The van der Waals surface area contributed by atoms with E-state index in [0.717, 1.165) is 73.8 Å². The number of nitrogens with zero attached hydrogens (tertiary/aromatic N) is 5. The summed E-state index contributed by atoms with van der Waals surface area (Å²) < 4.78 is 1.89. The van der Waals surface area contributed by atoms with Crippen LogP contribution in [0.1, 0.15) is 50.1 Å². The van der Waals surface area contributed by atoms with Crippen LogP contribution in [0.2, 0.25) is 0 Å². The summed E-state index contributed by atoms with van der Waals surface area (Å²) in [6.07, 6.45) is 7.24. The van der Waals surface area contributed by atoms with Gasteiger partial charge in [0.2, 0.25) is 11.9 Å². The second-order valence-corrected chi connectivity index (χ2v) is 11.3. The van der Waals surface area contributed by atoms with Gasteiger partial charge in [0.15, 0.2) is 0 Å². The molecule has 1 aliphatic heterocycles. The smallest absolute Gasteiger partial charge is 0.260 e. The molecule has 0 radical (unpaired) electrons. The first-order valence-electron chi connectivity index (χ1n) is 13.7. The lowest BCUT2D eigenvalue weighted by Gasteiger charge is -2.32. The predicted octanol–water partition coefficient (Wildman–Crippen LogP) is 2.73. The van der Waals surface area contributed by atoms with Crippen molar-refractivity contribution in [3.05, 3.63) is 40.3 Å². The summed E-state index contributed by atoms with van der Waals surface area (Å²) in [6.45, 7) is 5.89. The SMILES string of the molecule is CN1CCN(Cc2ccc3c(c2)c(=O)n(C2CCC(C(N)=O)CC2)c2nc(NCC4CC4)ncc32)CC1. The fourth-order valence-corrected chi connectivity index (χ4v) is 5.94. The van der Waals surface area contributed by atoms with Crippen molar-refractivity contribution in [2.24, 2.45) is 17.6 Å². The maximum Gasteiger partial charge on any atom is 0.260 e. The highest BCUT2D eigenvalue weighted by Gasteiger charge is 2.29. The van der Waals surface area contributed by atoms with Gasteiger partial charge in [-0.1, -0.05) is 12.1 Å². The number of primary amides is 1. The second kappa shape index (κ2) is 10.0. The Morgan fingerprint density at radius 3 is 2.49 bits per heavy atom. The van der Waals surface area contributed by atoms with Crippen molar-refractivity contribution in [3.8, 4) is 0 Å². The third kappa shape index (κ3) is 5.07. The monoisotopic (exact) mass is 503 g/mol. The van der Waals surface area contributed by atoms with Crippen LogP contribution in [0, 0.1) is 11.8 Å². The molecule has 0 spiro atoms. The number of nitrogens with one attached hydrogen (secondary N) is 1. The molecule has 0 atom stereocenters. The highest BCUT2D eigenvalue weighted by atomic mass is 16.1. The summed E-state index contributed by atoms with van der Waals surface area (Å²) in [5.41, 5.74) is 7.42. The maximum atomic E-state index is 14.1. The number of rotatable bonds is 7. The van der Waals surface area contributed by atoms with Crippen molar-refractivity contribution in [1.29, 1.82) is 0 Å². The minimum Gasteiger partial charge on any atom is -0.369 e. The molecule has 0 bridgehead atoms. The standard InChI is InChI=1S/C28H37N7O2/c1-33-10-12-34(13-11-33)17-19-4-9-22-23(14-19)27(37)35(21-7-5-20(6-8-21)25(29)36)26-24(22)16-31-28(32-26)30-15-18-2-3-18/h4,9,14,16,18,20-21H,2-3,5-8,10-13,15,17H2,1H3,(H2,29,36)(H,30,31,32). The van der Waals surface area contributed by atoms with Gasteiger partial charge in [-0.25, -0.2) is 4.98 Å². The molecule has 6 rings (SSSR count). The molecule has 3 aliphatic rings. The first-order chi connectivity index (χ1) is 18.0. The Morgan fingerprint density at radius 2 is 1.78 bits per heavy atom. The molecule has 3 aromatic rings. The Labute approximate surface area is 217 Å². The van der Waals surface area contributed by atoms with Gasteiger partial charge in [0.25, 0.3) is 5.56 Å². The van der Waals surface area contributed by atoms with E-state index in [2.05, 4.69) is 45.3 Å². The van der Waals surface area contributed by atoms with Gasteiger partial charge in [-0.15, -0.1) is 0 Å². The van der Waals surface area contributed by atoms with Crippen LogP contribution in [-0.2, 0) is 11.3 Å². The molecule has 1 amide bonds. The van der Waals surface area contributed by atoms with Gasteiger partial charge in [-0.05, 0) is 68.5 Å². The van der Waals surface area contributed by atoms with Crippen LogP contribution < -0.4 is 16.6 Å². The number of piperazine rings is 1. The van der Waals surface area contributed by atoms with Gasteiger partial charge in [-0.2, -0.15) is 4.98 Å². The average molecular weight is 504 g/mol. The van der Waals surface area contributed by atoms with Gasteiger partial charge in [0.1, 0.15) is 5.65 Å². The number of hydrogen-bond acceptors (Lipinski definition) is 7. The summed E-state index contributed by atoms with van der Waals surface area (Å²) in [5.74, 6) is 0.918. The van der Waals surface area contributed by atoms with E-state index in [9.17, 15) is 9.59 Å². The summed E-state index contributed by atoms with van der Waals surface area (Å²) in [5, 5.41) is 5.89. The van der Waals surface area contributed by atoms with Gasteiger partial charge in [0.05, 0.1) is 0 Å². The normalized spacial score (nSPS) is 23.5. The zero-order valence-electron chi connectivity index (χ0n) is 21.7. The molecular formula is C28H37N7O2. The van der Waals surface area contributed by atoms with Crippen molar-refractivity contribution in [1.82, 2.24) is 24.3 Å². The van der Waals surface area contributed by atoms with Crippen molar-refractivity contribution < 1.29 is 4.79 Å². The zero-order valence-corrected chi connectivity index (χ0v) is 21.7. The van der Waals surface area contributed by atoms with E-state index in [-0.39, 0.29) is 23.4 Å². The van der Waals surface area contributed by atoms with Crippen LogP contribution in [-0.4, -0.2) is 70.0 Å². The summed E-state index contributed by atoms with van der Waals surface area (Å²) in [7, 11) is 2.16. The predicted molar refractivity (Wildman–Crippen MR) is 145 cm³/mol. The number of nitrogens with two attached hydrogens (primary N) is 1. The molecule has 2 saturated carbocycles. The molecule has 3 N–H and O–H groups in total. The highest BCUT2D eigenvalue weighted by Crippen LogP contribution is 2.35. The van der Waals surface area contributed by atoms with Crippen molar-refractivity contribution in [2.75, 3.05) is 45.1 Å². The van der Waals surface area contributed by atoms with Gasteiger partial charge in [0, 0.05) is 68.2 Å². The Hall–Kier alpha value is -3.04. The van der Waals surface area contributed by atoms with Crippen LogP contribution in [0.15, 0.2) is 29.2 Å². The first kappa shape index (κ1) is 24.3. The number of carbonyl (C=O) groups excluding carboxylic acids is 1. The van der Waals surface area contributed by atoms with Crippen LogP contribution >= 0.6 is 0 Å². The lowest BCUT2D eigenvalue weighted by Crippen LogP contribution is -2.43. The molecule has 1 aromatic carbocycles. The Morgan fingerprint density at radius 1 is 1.03 bits per heavy atom. The van der Waals surface area contributed by atoms with E-state index in [1.165, 1.54) is 12.8 Å². The lowest BCUT2D eigenvalue weighted by atomic mass is 9.85. The number of hydrogen-bond donors (Lipinski definition) is 2. The van der Waals surface area contributed by atoms with Crippen LogP contribution in [0.3, 0.4) is 0 Å². The van der Waals surface area contributed by atoms with E-state index in [4.69, 9.17) is 10.7 Å². The lowest BCUT2D eigenvalue weighted by molar-refractivity contribution is -0.122. The molecule has 9 heteroatoms. The molecule has 1 saturated heterocycles. The molecule has 0 unspecified atom stereocenters. The summed E-state index contributed by atoms with van der Waals surface area (Å²) >= 11 is 0. The number of benzene rings is 1. The van der Waals surface area contributed by atoms with E-state index >= 15 is 0 Å². The Bertz CT molecular complexity index is 1370. The Kier molecular flexibility index (Phi) is 6.58. The number of likely N-dealkylation sites (N-methyl/N-ethyl adjacent to an activating group) is 1. The van der Waals surface area contributed by atoms with Crippen LogP contribution in [0.5, 0.6) is 0 Å². The molecule has 9 nitrogen and oxygen atoms in total. The maximum absolute atomic E-state index is 14.1. The van der Waals surface area contributed by atoms with Gasteiger partial charge >= 0.3 is 0 Å². The van der Waals surface area contributed by atoms with Gasteiger partial charge < -0.3 is 16.0 Å². The number of pyridine rings is 1. The summed E-state index contributed by atoms with van der Waals surface area (Å²) in [6, 6.07) is 6.27. The number of fused-ring (bicyclic) bond motifs is 3. The number of amides is 1. The molecule has 37 heavy (non-hydrogen) atoms. The molecule has 3 heterocycles. The minimum absolute atomic E-state index is 0.00269.